The van der Waals surface area contributed by atoms with Gasteiger partial charge in [0.2, 0.25) is 0 Å². The highest BCUT2D eigenvalue weighted by Crippen LogP contribution is 2.32. The molecule has 2 fully saturated rings. The van der Waals surface area contributed by atoms with Gasteiger partial charge in [-0.05, 0) is 25.2 Å². The molecule has 138 valence electrons. The van der Waals surface area contributed by atoms with Crippen LogP contribution in [-0.4, -0.2) is 47.0 Å². The van der Waals surface area contributed by atoms with Crippen LogP contribution in [0, 0.1) is 5.92 Å². The van der Waals surface area contributed by atoms with Crippen LogP contribution < -0.4 is 0 Å². The van der Waals surface area contributed by atoms with E-state index in [9.17, 15) is 4.79 Å². The summed E-state index contributed by atoms with van der Waals surface area (Å²) in [5, 5.41) is 16.5. The normalized spacial score (nSPS) is 20.7. The second-order valence-corrected chi connectivity index (χ2v) is 7.93. The number of hydrogen-bond donors (Lipinski definition) is 1. The zero-order chi connectivity index (χ0) is 17.6. The van der Waals surface area contributed by atoms with Gasteiger partial charge in [-0.1, -0.05) is 37.3 Å². The number of nitrogens with zero attached hydrogens (tertiary/aromatic N) is 3. The van der Waals surface area contributed by atoms with E-state index in [1.807, 2.05) is 0 Å². The van der Waals surface area contributed by atoms with Crippen LogP contribution in [0.25, 0.3) is 0 Å². The molecule has 1 aromatic heterocycles. The minimum Gasteiger partial charge on any atom is -0.465 e. The first kappa shape index (κ1) is 18.2. The quantitative estimate of drug-likeness (QED) is 0.623. The lowest BCUT2D eigenvalue weighted by molar-refractivity contribution is 0.132. The van der Waals surface area contributed by atoms with E-state index < -0.39 is 6.09 Å². The third-order valence-corrected chi connectivity index (χ3v) is 6.35. The summed E-state index contributed by atoms with van der Waals surface area (Å²) in [6, 6.07) is 0. The Kier molecular flexibility index (Phi) is 6.29. The average Bonchev–Trinajstić information content (AvgIpc) is 3.12. The Morgan fingerprint density at radius 3 is 2.68 bits per heavy atom. The summed E-state index contributed by atoms with van der Waals surface area (Å²) in [5.41, 5.74) is 1.90. The minimum absolute atomic E-state index is 0.354. The zero-order valence-corrected chi connectivity index (χ0v) is 15.6. The van der Waals surface area contributed by atoms with Crippen molar-refractivity contribution in [3.8, 4) is 0 Å². The lowest BCUT2D eigenvalue weighted by atomic mass is 9.85. The number of aromatic nitrogens is 1. The summed E-state index contributed by atoms with van der Waals surface area (Å²) >= 11 is 1.67. The van der Waals surface area contributed by atoms with Crippen molar-refractivity contribution in [1.29, 1.82) is 0 Å². The van der Waals surface area contributed by atoms with Gasteiger partial charge in [-0.25, -0.2) is 9.78 Å². The van der Waals surface area contributed by atoms with Crippen LogP contribution in [0.3, 0.4) is 0 Å². The van der Waals surface area contributed by atoms with E-state index in [1.54, 1.807) is 18.4 Å². The first-order chi connectivity index (χ1) is 12.2. The molecular weight excluding hydrogens is 338 g/mol. The molecule has 2 heterocycles. The van der Waals surface area contributed by atoms with Gasteiger partial charge in [-0.15, -0.1) is 11.3 Å². The van der Waals surface area contributed by atoms with Crippen LogP contribution in [-0.2, 0) is 4.84 Å². The number of oxime groups is 1. The second-order valence-electron chi connectivity index (χ2n) is 7.04. The molecule has 1 aliphatic heterocycles. The van der Waals surface area contributed by atoms with Gasteiger partial charge in [0, 0.05) is 24.4 Å². The lowest BCUT2D eigenvalue weighted by Crippen LogP contribution is -2.36. The molecule has 1 saturated carbocycles. The largest absolute Gasteiger partial charge is 0.465 e. The zero-order valence-electron chi connectivity index (χ0n) is 14.8. The molecule has 0 aromatic carbocycles. The Morgan fingerprint density at radius 2 is 2.04 bits per heavy atom. The van der Waals surface area contributed by atoms with Crippen molar-refractivity contribution in [2.24, 2.45) is 11.1 Å². The number of carbonyl (C=O) groups is 1. The fraction of sp³-hybridized carbons (Fsp3) is 0.722. The van der Waals surface area contributed by atoms with Crippen molar-refractivity contribution in [2.45, 2.75) is 57.3 Å². The Morgan fingerprint density at radius 1 is 1.32 bits per heavy atom. The molecule has 1 amide bonds. The molecule has 25 heavy (non-hydrogen) atoms. The minimum atomic E-state index is -0.819. The number of amides is 1. The highest BCUT2D eigenvalue weighted by Gasteiger charge is 2.26. The van der Waals surface area contributed by atoms with Gasteiger partial charge < -0.3 is 14.8 Å². The Balaban J connectivity index is 1.64. The standard InChI is InChI=1S/C18H27N3O3S/c1-24-20-15(11-13-5-3-2-4-6-13)16-12-25-17(19-16)14-7-9-21(10-8-14)18(22)23/h12-14H,2-11H2,1H3,(H,22,23). The Hall–Kier alpha value is -1.63. The molecule has 0 atom stereocenters. The molecule has 0 spiro atoms. The highest BCUT2D eigenvalue weighted by molar-refractivity contribution is 7.09. The van der Waals surface area contributed by atoms with Crippen molar-refractivity contribution in [3.05, 3.63) is 16.1 Å². The number of hydrogen-bond acceptors (Lipinski definition) is 5. The van der Waals surface area contributed by atoms with Crippen molar-refractivity contribution in [3.63, 3.8) is 0 Å². The predicted molar refractivity (Wildman–Crippen MR) is 98.4 cm³/mol. The summed E-state index contributed by atoms with van der Waals surface area (Å²) in [4.78, 5) is 22.4. The predicted octanol–water partition coefficient (Wildman–Crippen LogP) is 4.32. The first-order valence-electron chi connectivity index (χ1n) is 9.21. The summed E-state index contributed by atoms with van der Waals surface area (Å²) in [7, 11) is 1.59. The van der Waals surface area contributed by atoms with E-state index in [-0.39, 0.29) is 0 Å². The second kappa shape index (κ2) is 8.65. The van der Waals surface area contributed by atoms with Gasteiger partial charge in [0.05, 0.1) is 10.7 Å². The number of thiazole rings is 1. The van der Waals surface area contributed by atoms with Gasteiger partial charge >= 0.3 is 6.09 Å². The maximum atomic E-state index is 11.0. The van der Waals surface area contributed by atoms with Crippen LogP contribution in [0.15, 0.2) is 10.5 Å². The molecule has 0 bridgehead atoms. The molecule has 6 nitrogen and oxygen atoms in total. The van der Waals surface area contributed by atoms with Crippen molar-refractivity contribution in [1.82, 2.24) is 9.88 Å². The maximum Gasteiger partial charge on any atom is 0.407 e. The van der Waals surface area contributed by atoms with Gasteiger partial charge in [0.1, 0.15) is 12.8 Å². The van der Waals surface area contributed by atoms with E-state index in [0.717, 1.165) is 35.7 Å². The van der Waals surface area contributed by atoms with E-state index in [0.29, 0.717) is 24.9 Å². The van der Waals surface area contributed by atoms with Gasteiger partial charge in [0.15, 0.2) is 0 Å². The third-order valence-electron chi connectivity index (χ3n) is 5.34. The highest BCUT2D eigenvalue weighted by atomic mass is 32.1. The lowest BCUT2D eigenvalue weighted by Gasteiger charge is -2.28. The topological polar surface area (TPSA) is 75.0 Å². The number of piperidine rings is 1. The molecular formula is C18H27N3O3S. The van der Waals surface area contributed by atoms with E-state index in [1.165, 1.54) is 37.0 Å². The van der Waals surface area contributed by atoms with Crippen molar-refractivity contribution in [2.75, 3.05) is 20.2 Å². The van der Waals surface area contributed by atoms with Gasteiger partial charge in [0.25, 0.3) is 0 Å². The van der Waals surface area contributed by atoms with Crippen molar-refractivity contribution >= 4 is 23.1 Å². The van der Waals surface area contributed by atoms with Gasteiger partial charge in [-0.3, -0.25) is 0 Å². The van der Waals surface area contributed by atoms with Crippen molar-refractivity contribution < 1.29 is 14.7 Å². The number of likely N-dealkylation sites (tertiary alicyclic amines) is 1. The Labute approximate surface area is 152 Å². The molecule has 1 N–H and O–H groups in total. The van der Waals surface area contributed by atoms with Crippen LogP contribution in [0.2, 0.25) is 0 Å². The maximum absolute atomic E-state index is 11.0. The molecule has 0 radical (unpaired) electrons. The first-order valence-corrected chi connectivity index (χ1v) is 10.1. The monoisotopic (exact) mass is 365 g/mol. The summed E-state index contributed by atoms with van der Waals surface area (Å²) < 4.78 is 0. The molecule has 3 rings (SSSR count). The van der Waals surface area contributed by atoms with Crippen LogP contribution in [0.5, 0.6) is 0 Å². The summed E-state index contributed by atoms with van der Waals surface area (Å²) in [6.07, 6.45) is 8.33. The molecule has 1 saturated heterocycles. The smallest absolute Gasteiger partial charge is 0.407 e. The SMILES string of the molecule is CON=C(CC1CCCCC1)c1csc(C2CCN(C(=O)O)CC2)n1. The van der Waals surface area contributed by atoms with E-state index >= 15 is 0 Å². The Bertz CT molecular complexity index is 602. The van der Waals surface area contributed by atoms with E-state index in [2.05, 4.69) is 10.5 Å². The van der Waals surface area contributed by atoms with E-state index in [4.69, 9.17) is 14.9 Å². The summed E-state index contributed by atoms with van der Waals surface area (Å²) in [5.74, 6) is 1.04. The molecule has 2 aliphatic rings. The molecule has 1 aromatic rings. The fourth-order valence-corrected chi connectivity index (χ4v) is 4.89. The number of carboxylic acid groups (broad SMARTS) is 1. The van der Waals surface area contributed by atoms with Crippen LogP contribution >= 0.6 is 11.3 Å². The average molecular weight is 365 g/mol. The van der Waals surface area contributed by atoms with Gasteiger partial charge in [-0.2, -0.15) is 0 Å². The third kappa shape index (κ3) is 4.71. The fourth-order valence-electron chi connectivity index (χ4n) is 3.89. The molecule has 7 heteroatoms. The van der Waals surface area contributed by atoms with Crippen LogP contribution in [0.1, 0.15) is 68.0 Å². The summed E-state index contributed by atoms with van der Waals surface area (Å²) in [6.45, 7) is 1.19. The molecule has 0 unspecified atom stereocenters. The van der Waals surface area contributed by atoms with Crippen LogP contribution in [0.4, 0.5) is 4.79 Å². The molecule has 1 aliphatic carbocycles. The number of rotatable bonds is 5.